The Morgan fingerprint density at radius 3 is 2.00 bits per heavy atom. The molecule has 4 bridgehead atoms. The zero-order valence-corrected chi connectivity index (χ0v) is 13.6. The monoisotopic (exact) mass is 364 g/mol. The van der Waals surface area contributed by atoms with Crippen LogP contribution in [-0.2, 0) is 0 Å². The molecule has 0 spiro atoms. The van der Waals surface area contributed by atoms with Gasteiger partial charge < -0.3 is 24.0 Å². The molecule has 0 amide bonds. The fraction of sp³-hybridized carbons (Fsp3) is 1.00. The Labute approximate surface area is 127 Å². The molecule has 0 aromatic heterocycles. The van der Waals surface area contributed by atoms with Crippen LogP contribution in [-0.4, -0.2) is 71.2 Å². The first-order chi connectivity index (χ1) is 8.30. The van der Waals surface area contributed by atoms with E-state index in [0.717, 1.165) is 12.1 Å². The third kappa shape index (κ3) is 1.93. The molecule has 0 aromatic carbocycles. The van der Waals surface area contributed by atoms with Crippen LogP contribution in [0.25, 0.3) is 0 Å². The van der Waals surface area contributed by atoms with Gasteiger partial charge in [0.15, 0.2) is 0 Å². The highest BCUT2D eigenvalue weighted by Crippen LogP contribution is 2.37. The van der Waals surface area contributed by atoms with Crippen LogP contribution in [0.1, 0.15) is 32.6 Å². The maximum absolute atomic E-state index is 2.81. The molecule has 5 heteroatoms. The Bertz CT molecular complexity index is 300. The van der Waals surface area contributed by atoms with E-state index in [1.165, 1.54) is 70.1 Å². The van der Waals surface area contributed by atoms with Crippen LogP contribution in [0.2, 0.25) is 0 Å². The molecule has 1 saturated carbocycles. The first-order valence-corrected chi connectivity index (χ1v) is 7.35. The van der Waals surface area contributed by atoms with E-state index in [4.69, 9.17) is 0 Å². The molecule has 18 heavy (non-hydrogen) atoms. The van der Waals surface area contributed by atoms with Crippen molar-refractivity contribution in [2.45, 2.75) is 44.7 Å². The van der Waals surface area contributed by atoms with Crippen molar-refractivity contribution >= 4 is 0 Å². The second-order valence-corrected chi connectivity index (χ2v) is 6.63. The summed E-state index contributed by atoms with van der Waals surface area (Å²) >= 11 is 0. The van der Waals surface area contributed by atoms with Crippen LogP contribution >= 0.6 is 0 Å². The Balaban J connectivity index is 0.000001000. The first-order valence-electron chi connectivity index (χ1n) is 7.35. The minimum absolute atomic E-state index is 0. The van der Waals surface area contributed by atoms with Gasteiger partial charge in [-0.1, -0.05) is 12.8 Å². The molecule has 4 aliphatic heterocycles. The number of halogens is 1. The van der Waals surface area contributed by atoms with Gasteiger partial charge in [-0.25, -0.2) is 14.7 Å². The summed E-state index contributed by atoms with van der Waals surface area (Å²) in [6, 6.07) is 1.72. The van der Waals surface area contributed by atoms with Crippen molar-refractivity contribution in [3.63, 3.8) is 0 Å². The van der Waals surface area contributed by atoms with Crippen LogP contribution in [0.15, 0.2) is 0 Å². The highest BCUT2D eigenvalue weighted by atomic mass is 127. The summed E-state index contributed by atoms with van der Waals surface area (Å²) in [5, 5.41) is 0. The molecule has 4 heterocycles. The van der Waals surface area contributed by atoms with Gasteiger partial charge in [0, 0.05) is 12.1 Å². The lowest BCUT2D eigenvalue weighted by molar-refractivity contribution is -0.967. The van der Waals surface area contributed by atoms with E-state index in [9.17, 15) is 0 Å². The summed E-state index contributed by atoms with van der Waals surface area (Å²) in [5.41, 5.74) is 0. The maximum Gasteiger partial charge on any atom is 0.139 e. The van der Waals surface area contributed by atoms with Crippen LogP contribution in [0.5, 0.6) is 0 Å². The molecular weight excluding hydrogens is 339 g/mol. The molecule has 0 radical (unpaired) electrons. The molecule has 2 unspecified atom stereocenters. The van der Waals surface area contributed by atoms with Gasteiger partial charge in [0.1, 0.15) is 20.0 Å². The average Bonchev–Trinajstić information content (AvgIpc) is 2.52. The second kappa shape index (κ2) is 4.84. The Kier molecular flexibility index (Phi) is 3.64. The van der Waals surface area contributed by atoms with E-state index in [2.05, 4.69) is 21.6 Å². The van der Waals surface area contributed by atoms with E-state index < -0.39 is 0 Å². The van der Waals surface area contributed by atoms with Crippen molar-refractivity contribution < 1.29 is 28.5 Å². The fourth-order valence-electron chi connectivity index (χ4n) is 4.73. The van der Waals surface area contributed by atoms with E-state index in [1.54, 1.807) is 0 Å². The maximum atomic E-state index is 2.81. The van der Waals surface area contributed by atoms with Crippen molar-refractivity contribution in [2.24, 2.45) is 0 Å². The highest BCUT2D eigenvalue weighted by Gasteiger charge is 2.52. The summed E-state index contributed by atoms with van der Waals surface area (Å²) in [7, 11) is 0. The van der Waals surface area contributed by atoms with Gasteiger partial charge >= 0.3 is 0 Å². The average molecular weight is 364 g/mol. The number of hydrogen-bond acceptors (Lipinski definition) is 3. The molecule has 4 atom stereocenters. The molecular formula is C13H25IN4. The number of quaternary nitrogens is 1. The summed E-state index contributed by atoms with van der Waals surface area (Å²) in [5.74, 6) is 0. The first kappa shape index (κ1) is 13.5. The van der Waals surface area contributed by atoms with Gasteiger partial charge in [-0.3, -0.25) is 4.48 Å². The van der Waals surface area contributed by atoms with Gasteiger partial charge in [-0.2, -0.15) is 0 Å². The summed E-state index contributed by atoms with van der Waals surface area (Å²) in [6.45, 7) is 10.1. The van der Waals surface area contributed by atoms with Crippen molar-refractivity contribution in [1.29, 1.82) is 0 Å². The summed E-state index contributed by atoms with van der Waals surface area (Å²) in [4.78, 5) is 8.29. The fourth-order valence-corrected chi connectivity index (χ4v) is 4.73. The normalized spacial score (nSPS) is 53.5. The molecule has 5 rings (SSSR count). The minimum atomic E-state index is 0. The summed E-state index contributed by atoms with van der Waals surface area (Å²) in [6.07, 6.45) is 5.80. The van der Waals surface area contributed by atoms with E-state index >= 15 is 0 Å². The molecule has 5 fully saturated rings. The minimum Gasteiger partial charge on any atom is -1.00 e. The Hall–Kier alpha value is 0.570. The highest BCUT2D eigenvalue weighted by molar-refractivity contribution is 4.93. The molecule has 0 aromatic rings. The largest absolute Gasteiger partial charge is 1.00 e. The van der Waals surface area contributed by atoms with Crippen LogP contribution < -0.4 is 24.0 Å². The quantitative estimate of drug-likeness (QED) is 0.389. The van der Waals surface area contributed by atoms with Gasteiger partial charge in [0.05, 0.1) is 19.9 Å². The SMILES string of the molecule is CC[N+]12CN3CN(C1)[C@H]1CCCC[C@@H]1N(C3)C2.[I-]. The third-order valence-electron chi connectivity index (χ3n) is 5.53. The van der Waals surface area contributed by atoms with Crippen molar-refractivity contribution in [1.82, 2.24) is 14.7 Å². The van der Waals surface area contributed by atoms with Crippen LogP contribution in [0.4, 0.5) is 0 Å². The van der Waals surface area contributed by atoms with E-state index in [-0.39, 0.29) is 24.0 Å². The predicted octanol–water partition coefficient (Wildman–Crippen LogP) is -2.13. The molecule has 4 saturated heterocycles. The lowest BCUT2D eigenvalue weighted by Crippen LogP contribution is -3.00. The smallest absolute Gasteiger partial charge is 0.139 e. The topological polar surface area (TPSA) is 9.72 Å². The van der Waals surface area contributed by atoms with Gasteiger partial charge in [0.25, 0.3) is 0 Å². The van der Waals surface area contributed by atoms with Gasteiger partial charge in [-0.05, 0) is 19.8 Å². The standard InChI is InChI=1S/C13H25N4.HI/c1-2-17-9-14-7-15(10-17)12-5-3-4-6-13(12)16(8-14)11-17;/h12-13H,2-11H2,1H3;1H/q+1;/p-1/t12-,13-;/m0./s1. The molecule has 4 nitrogen and oxygen atoms in total. The number of rotatable bonds is 1. The number of hydrogen-bond donors (Lipinski definition) is 0. The lowest BCUT2D eigenvalue weighted by atomic mass is 9.89. The molecule has 104 valence electrons. The molecule has 1 aliphatic carbocycles. The molecule has 0 N–H and O–H groups in total. The Morgan fingerprint density at radius 1 is 0.944 bits per heavy atom. The third-order valence-corrected chi connectivity index (χ3v) is 5.53. The van der Waals surface area contributed by atoms with Gasteiger partial charge in [0.2, 0.25) is 0 Å². The van der Waals surface area contributed by atoms with Crippen molar-refractivity contribution in [2.75, 3.05) is 39.9 Å². The predicted molar refractivity (Wildman–Crippen MR) is 66.7 cm³/mol. The molecule has 5 aliphatic rings. The number of nitrogens with zero attached hydrogens (tertiary/aromatic N) is 4. The van der Waals surface area contributed by atoms with Crippen molar-refractivity contribution in [3.05, 3.63) is 0 Å². The van der Waals surface area contributed by atoms with E-state index in [0.29, 0.717) is 0 Å². The van der Waals surface area contributed by atoms with Crippen LogP contribution in [0.3, 0.4) is 0 Å². The second-order valence-electron chi connectivity index (χ2n) is 6.63. The van der Waals surface area contributed by atoms with E-state index in [1.807, 2.05) is 0 Å². The zero-order valence-electron chi connectivity index (χ0n) is 11.4. The van der Waals surface area contributed by atoms with Crippen LogP contribution in [0, 0.1) is 0 Å². The Morgan fingerprint density at radius 2 is 1.50 bits per heavy atom. The zero-order chi connectivity index (χ0) is 11.5. The summed E-state index contributed by atoms with van der Waals surface area (Å²) < 4.78 is 1.30. The van der Waals surface area contributed by atoms with Gasteiger partial charge in [-0.15, -0.1) is 0 Å². The van der Waals surface area contributed by atoms with Crippen molar-refractivity contribution in [3.8, 4) is 0 Å². The lowest BCUT2D eigenvalue weighted by Gasteiger charge is -2.52.